The molecule has 0 fully saturated rings. The van der Waals surface area contributed by atoms with Crippen LogP contribution in [0.15, 0.2) is 39.9 Å². The van der Waals surface area contributed by atoms with E-state index in [1.807, 2.05) is 32.0 Å². The van der Waals surface area contributed by atoms with Crippen LogP contribution in [0, 0.1) is 13.8 Å². The Hall–Kier alpha value is -3.42. The van der Waals surface area contributed by atoms with E-state index >= 15 is 0 Å². The number of ketones is 1. The molecule has 0 unspecified atom stereocenters. The molecule has 1 aromatic carbocycles. The number of fused-ring (bicyclic) bond motifs is 3. The Morgan fingerprint density at radius 3 is 2.23 bits per heavy atom. The lowest BCUT2D eigenvalue weighted by Gasteiger charge is -2.16. The summed E-state index contributed by atoms with van der Waals surface area (Å²) in [4.78, 5) is 42.9. The van der Waals surface area contributed by atoms with Gasteiger partial charge in [-0.25, -0.2) is 9.36 Å². The zero-order chi connectivity index (χ0) is 21.9. The molecule has 0 radical (unpaired) electrons. The number of carbonyl (C=O) groups is 1. The molecule has 3 heterocycles. The molecule has 0 saturated heterocycles. The maximum absolute atomic E-state index is 13.4. The second-order valence-corrected chi connectivity index (χ2v) is 7.85. The lowest BCUT2D eigenvalue weighted by Crippen LogP contribution is -2.42. The van der Waals surface area contributed by atoms with Crippen molar-refractivity contribution in [2.45, 2.75) is 46.7 Å². The summed E-state index contributed by atoms with van der Waals surface area (Å²) < 4.78 is 6.24. The van der Waals surface area contributed by atoms with E-state index < -0.39 is 17.3 Å². The summed E-state index contributed by atoms with van der Waals surface area (Å²) in [5.74, 6) is 0.342. The molecule has 2 atom stereocenters. The SMILES string of the molecule is CC(=O)[C@H](C)n1c(=O)c2c(nc3n([C@H](C)c4ccccc4)c(C)c(C)n23)n(C)c1=O. The number of imidazole rings is 2. The van der Waals surface area contributed by atoms with Crippen molar-refractivity contribution in [3.63, 3.8) is 0 Å². The Morgan fingerprint density at radius 2 is 1.63 bits per heavy atom. The molecule has 0 saturated carbocycles. The zero-order valence-electron chi connectivity index (χ0n) is 18.0. The number of aromatic nitrogens is 5. The van der Waals surface area contributed by atoms with Crippen LogP contribution in [0.5, 0.6) is 0 Å². The number of hydrogen-bond acceptors (Lipinski definition) is 4. The van der Waals surface area contributed by atoms with Gasteiger partial charge in [-0.05, 0) is 40.2 Å². The van der Waals surface area contributed by atoms with E-state index in [-0.39, 0.29) is 11.8 Å². The van der Waals surface area contributed by atoms with Gasteiger partial charge in [0.1, 0.15) is 0 Å². The van der Waals surface area contributed by atoms with Crippen LogP contribution in [-0.2, 0) is 11.8 Å². The van der Waals surface area contributed by atoms with Gasteiger partial charge < -0.3 is 4.57 Å². The van der Waals surface area contributed by atoms with E-state index in [2.05, 4.69) is 23.6 Å². The van der Waals surface area contributed by atoms with Gasteiger partial charge >= 0.3 is 5.69 Å². The normalized spacial score (nSPS) is 13.8. The van der Waals surface area contributed by atoms with Gasteiger partial charge in [-0.3, -0.25) is 18.6 Å². The third-order valence-corrected chi connectivity index (χ3v) is 6.15. The summed E-state index contributed by atoms with van der Waals surface area (Å²) in [5, 5.41) is 0. The van der Waals surface area contributed by atoms with Crippen molar-refractivity contribution < 1.29 is 4.79 Å². The fourth-order valence-corrected chi connectivity index (χ4v) is 4.11. The molecule has 0 amide bonds. The Morgan fingerprint density at radius 1 is 1.00 bits per heavy atom. The van der Waals surface area contributed by atoms with E-state index in [1.54, 1.807) is 18.4 Å². The van der Waals surface area contributed by atoms with E-state index in [1.165, 1.54) is 11.5 Å². The third-order valence-electron chi connectivity index (χ3n) is 6.15. The van der Waals surface area contributed by atoms with Crippen LogP contribution in [0.3, 0.4) is 0 Å². The van der Waals surface area contributed by atoms with E-state index in [9.17, 15) is 14.4 Å². The molecule has 8 nitrogen and oxygen atoms in total. The van der Waals surface area contributed by atoms with Gasteiger partial charge in [-0.1, -0.05) is 30.3 Å². The van der Waals surface area contributed by atoms with Gasteiger partial charge in [-0.2, -0.15) is 4.98 Å². The molecule has 0 aliphatic rings. The molecule has 0 aliphatic carbocycles. The molecule has 8 heteroatoms. The number of hydrogen-bond donors (Lipinski definition) is 0. The average molecular weight is 407 g/mol. The third kappa shape index (κ3) is 2.59. The molecule has 30 heavy (non-hydrogen) atoms. The second kappa shape index (κ2) is 6.83. The van der Waals surface area contributed by atoms with Crippen molar-refractivity contribution in [1.82, 2.24) is 23.1 Å². The quantitative estimate of drug-likeness (QED) is 0.520. The molecule has 0 bridgehead atoms. The monoisotopic (exact) mass is 407 g/mol. The minimum atomic E-state index is -0.849. The Kier molecular flexibility index (Phi) is 4.52. The maximum Gasteiger partial charge on any atom is 0.333 e. The number of aryl methyl sites for hydroxylation is 2. The number of carbonyl (C=O) groups excluding carboxylic acids is 1. The fraction of sp³-hybridized carbons (Fsp3) is 0.364. The highest BCUT2D eigenvalue weighted by atomic mass is 16.2. The first kappa shape index (κ1) is 19.9. The van der Waals surface area contributed by atoms with Crippen molar-refractivity contribution in [3.05, 3.63) is 68.1 Å². The number of Topliss-reactive ketones (excluding diaryl/α,β-unsaturated/α-hetero) is 1. The van der Waals surface area contributed by atoms with Crippen molar-refractivity contribution >= 4 is 22.7 Å². The number of rotatable bonds is 4. The first-order chi connectivity index (χ1) is 14.2. The minimum Gasteiger partial charge on any atom is -0.307 e. The Balaban J connectivity index is 2.13. The van der Waals surface area contributed by atoms with E-state index in [0.717, 1.165) is 21.5 Å². The van der Waals surface area contributed by atoms with E-state index in [4.69, 9.17) is 4.98 Å². The molecular formula is C22H25N5O3. The zero-order valence-corrected chi connectivity index (χ0v) is 18.0. The largest absolute Gasteiger partial charge is 0.333 e. The highest BCUT2D eigenvalue weighted by Gasteiger charge is 2.26. The summed E-state index contributed by atoms with van der Waals surface area (Å²) >= 11 is 0. The highest BCUT2D eigenvalue weighted by molar-refractivity contribution is 5.81. The van der Waals surface area contributed by atoms with Crippen LogP contribution in [0.25, 0.3) is 16.9 Å². The van der Waals surface area contributed by atoms with Crippen molar-refractivity contribution in [1.29, 1.82) is 0 Å². The smallest absolute Gasteiger partial charge is 0.307 e. The molecule has 4 rings (SSSR count). The molecule has 3 aromatic heterocycles. The van der Waals surface area contributed by atoms with E-state index in [0.29, 0.717) is 16.9 Å². The lowest BCUT2D eigenvalue weighted by molar-refractivity contribution is -0.119. The Labute approximate surface area is 173 Å². The first-order valence-corrected chi connectivity index (χ1v) is 9.93. The van der Waals surface area contributed by atoms with Crippen molar-refractivity contribution in [2.24, 2.45) is 7.05 Å². The maximum atomic E-state index is 13.4. The molecule has 0 spiro atoms. The molecule has 156 valence electrons. The first-order valence-electron chi connectivity index (χ1n) is 9.93. The fourth-order valence-electron chi connectivity index (χ4n) is 4.11. The van der Waals surface area contributed by atoms with Gasteiger partial charge in [-0.15, -0.1) is 0 Å². The number of benzene rings is 1. The topological polar surface area (TPSA) is 83.3 Å². The predicted octanol–water partition coefficient (Wildman–Crippen LogP) is 2.53. The summed E-state index contributed by atoms with van der Waals surface area (Å²) in [6, 6.07) is 9.18. The standard InChI is InChI=1S/C22H25N5O3/c1-12-13(2)26-18-19(24(6)22(30)27(20(18)29)14(3)16(5)28)23-21(26)25(12)15(4)17-10-8-7-9-11-17/h7-11,14-15H,1-6H3/t14-,15+/m0/s1. The summed E-state index contributed by atoms with van der Waals surface area (Å²) in [6.07, 6.45) is 0. The summed E-state index contributed by atoms with van der Waals surface area (Å²) in [6.45, 7) is 8.95. The van der Waals surface area contributed by atoms with Crippen LogP contribution in [0.2, 0.25) is 0 Å². The van der Waals surface area contributed by atoms with Gasteiger partial charge in [0.2, 0.25) is 5.78 Å². The van der Waals surface area contributed by atoms with Crippen LogP contribution in [0.1, 0.15) is 49.8 Å². The van der Waals surface area contributed by atoms with Crippen LogP contribution in [-0.4, -0.2) is 28.9 Å². The summed E-state index contributed by atoms with van der Waals surface area (Å²) in [7, 11) is 1.58. The van der Waals surface area contributed by atoms with Crippen LogP contribution in [0.4, 0.5) is 0 Å². The van der Waals surface area contributed by atoms with Crippen molar-refractivity contribution in [2.75, 3.05) is 0 Å². The summed E-state index contributed by atoms with van der Waals surface area (Å²) in [5.41, 5.74) is 2.53. The van der Waals surface area contributed by atoms with Crippen LogP contribution >= 0.6 is 0 Å². The van der Waals surface area contributed by atoms with Crippen LogP contribution < -0.4 is 11.2 Å². The second-order valence-electron chi connectivity index (χ2n) is 7.85. The molecular weight excluding hydrogens is 382 g/mol. The Bertz CT molecular complexity index is 1420. The van der Waals surface area contributed by atoms with Gasteiger partial charge in [0, 0.05) is 18.4 Å². The highest BCUT2D eigenvalue weighted by Crippen LogP contribution is 2.28. The molecule has 0 N–H and O–H groups in total. The predicted molar refractivity (Wildman–Crippen MR) is 115 cm³/mol. The van der Waals surface area contributed by atoms with Gasteiger partial charge in [0.15, 0.2) is 16.9 Å². The lowest BCUT2D eigenvalue weighted by atomic mass is 10.1. The average Bonchev–Trinajstić information content (AvgIpc) is 3.22. The molecule has 0 aliphatic heterocycles. The van der Waals surface area contributed by atoms with Gasteiger partial charge in [0.25, 0.3) is 5.56 Å². The minimum absolute atomic E-state index is 0.0189. The van der Waals surface area contributed by atoms with Gasteiger partial charge in [0.05, 0.1) is 12.1 Å². The molecule has 4 aromatic rings. The van der Waals surface area contributed by atoms with Crippen molar-refractivity contribution in [3.8, 4) is 0 Å². The number of nitrogens with zero attached hydrogens (tertiary/aromatic N) is 5.